The van der Waals surface area contributed by atoms with Crippen molar-refractivity contribution in [3.05, 3.63) is 85.1 Å². The highest BCUT2D eigenvalue weighted by Gasteiger charge is 2.17. The van der Waals surface area contributed by atoms with E-state index in [1.54, 1.807) is 36.4 Å². The average Bonchev–Trinajstić information content (AvgIpc) is 3.03. The molecule has 0 unspecified atom stereocenters. The first-order valence-corrected chi connectivity index (χ1v) is 8.84. The van der Waals surface area contributed by atoms with Gasteiger partial charge in [-0.15, -0.1) is 11.3 Å². The number of nitro benzene ring substituents is 1. The average molecular weight is 388 g/mol. The van der Waals surface area contributed by atoms with E-state index in [1.807, 2.05) is 18.4 Å². The minimum atomic E-state index is -0.450. The van der Waals surface area contributed by atoms with Gasteiger partial charge >= 0.3 is 0 Å². The Kier molecular flexibility index (Phi) is 5.20. The number of nitrogens with zero attached hydrogens (tertiary/aromatic N) is 2. The van der Waals surface area contributed by atoms with Crippen LogP contribution in [0.1, 0.15) is 16.0 Å². The molecule has 0 radical (unpaired) electrons. The predicted octanol–water partition coefficient (Wildman–Crippen LogP) is 5.59. The molecule has 2 aromatic carbocycles. The molecule has 0 aliphatic carbocycles. The first-order chi connectivity index (χ1) is 12.5. The normalized spacial score (nSPS) is 11.4. The number of para-hydroxylation sites is 2. The van der Waals surface area contributed by atoms with Crippen molar-refractivity contribution in [2.24, 2.45) is 5.16 Å². The van der Waals surface area contributed by atoms with Gasteiger partial charge in [0.25, 0.3) is 5.69 Å². The molecule has 3 rings (SSSR count). The van der Waals surface area contributed by atoms with Gasteiger partial charge in [0.2, 0.25) is 0 Å². The van der Waals surface area contributed by atoms with Gasteiger partial charge in [0.15, 0.2) is 0 Å². The third kappa shape index (κ3) is 3.54. The highest BCUT2D eigenvalue weighted by atomic mass is 35.5. The summed E-state index contributed by atoms with van der Waals surface area (Å²) in [5, 5.41) is 29.3. The monoisotopic (exact) mass is 387 g/mol. The van der Waals surface area contributed by atoms with E-state index in [0.29, 0.717) is 27.7 Å². The molecule has 0 spiro atoms. The van der Waals surface area contributed by atoms with Gasteiger partial charge in [-0.05, 0) is 48.2 Å². The SMILES string of the molecule is Cc1ccsc1C(=NO)c1ccc(Nc2ccccc2[N+](=O)[O-])cc1Cl. The molecule has 0 saturated heterocycles. The number of nitro groups is 1. The summed E-state index contributed by atoms with van der Waals surface area (Å²) in [6, 6.07) is 13.4. The lowest BCUT2D eigenvalue weighted by Gasteiger charge is -2.11. The maximum atomic E-state index is 11.1. The van der Waals surface area contributed by atoms with E-state index in [2.05, 4.69) is 10.5 Å². The van der Waals surface area contributed by atoms with Crippen LogP contribution in [-0.4, -0.2) is 15.8 Å². The van der Waals surface area contributed by atoms with Gasteiger partial charge in [-0.1, -0.05) is 28.9 Å². The first-order valence-electron chi connectivity index (χ1n) is 7.58. The molecule has 2 N–H and O–H groups in total. The molecule has 0 amide bonds. The lowest BCUT2D eigenvalue weighted by molar-refractivity contribution is -0.383. The van der Waals surface area contributed by atoms with Gasteiger partial charge in [-0.25, -0.2) is 0 Å². The summed E-state index contributed by atoms with van der Waals surface area (Å²) < 4.78 is 0. The Balaban J connectivity index is 1.94. The molecule has 6 nitrogen and oxygen atoms in total. The van der Waals surface area contributed by atoms with Gasteiger partial charge < -0.3 is 10.5 Å². The maximum absolute atomic E-state index is 11.1. The van der Waals surface area contributed by atoms with Crippen molar-refractivity contribution in [1.82, 2.24) is 0 Å². The zero-order chi connectivity index (χ0) is 18.7. The maximum Gasteiger partial charge on any atom is 0.292 e. The summed E-state index contributed by atoms with van der Waals surface area (Å²) in [7, 11) is 0. The van der Waals surface area contributed by atoms with Crippen LogP contribution in [0.5, 0.6) is 0 Å². The molecule has 26 heavy (non-hydrogen) atoms. The topological polar surface area (TPSA) is 87.8 Å². The van der Waals surface area contributed by atoms with E-state index >= 15 is 0 Å². The minimum absolute atomic E-state index is 0.0282. The number of anilines is 2. The van der Waals surface area contributed by atoms with Crippen LogP contribution >= 0.6 is 22.9 Å². The third-order valence-electron chi connectivity index (χ3n) is 3.78. The molecular formula is C18H14ClN3O3S. The van der Waals surface area contributed by atoms with E-state index in [1.165, 1.54) is 17.4 Å². The van der Waals surface area contributed by atoms with E-state index < -0.39 is 4.92 Å². The standard InChI is InChI=1S/C18H14ClN3O3S/c1-11-8-9-26-18(11)17(21-23)13-7-6-12(10-14(13)19)20-15-4-2-3-5-16(15)22(24)25/h2-10,20,23H,1H3. The quantitative estimate of drug-likeness (QED) is 0.258. The minimum Gasteiger partial charge on any atom is -0.410 e. The molecule has 1 heterocycles. The van der Waals surface area contributed by atoms with E-state index in [-0.39, 0.29) is 5.69 Å². The molecule has 0 saturated carbocycles. The molecule has 3 aromatic rings. The number of oxime groups is 1. The number of halogens is 1. The van der Waals surface area contributed by atoms with Gasteiger partial charge in [-0.3, -0.25) is 10.1 Å². The van der Waals surface area contributed by atoms with Gasteiger partial charge in [-0.2, -0.15) is 0 Å². The van der Waals surface area contributed by atoms with Crippen molar-refractivity contribution >= 4 is 45.7 Å². The Labute approximate surface area is 158 Å². The molecule has 132 valence electrons. The summed E-state index contributed by atoms with van der Waals surface area (Å²) >= 11 is 7.84. The smallest absolute Gasteiger partial charge is 0.292 e. The van der Waals surface area contributed by atoms with Crippen LogP contribution in [-0.2, 0) is 0 Å². The van der Waals surface area contributed by atoms with Crippen LogP contribution in [0, 0.1) is 17.0 Å². The third-order valence-corrected chi connectivity index (χ3v) is 5.12. The van der Waals surface area contributed by atoms with Gasteiger partial charge in [0.05, 0.1) is 14.8 Å². The largest absolute Gasteiger partial charge is 0.410 e. The number of hydrogen-bond donors (Lipinski definition) is 2. The molecule has 0 bridgehead atoms. The summed E-state index contributed by atoms with van der Waals surface area (Å²) in [4.78, 5) is 11.5. The summed E-state index contributed by atoms with van der Waals surface area (Å²) in [6.45, 7) is 1.93. The van der Waals surface area contributed by atoms with Crippen molar-refractivity contribution < 1.29 is 10.1 Å². The highest BCUT2D eigenvalue weighted by molar-refractivity contribution is 7.12. The van der Waals surface area contributed by atoms with Crippen molar-refractivity contribution in [3.8, 4) is 0 Å². The lowest BCUT2D eigenvalue weighted by atomic mass is 10.1. The molecule has 0 atom stereocenters. The second-order valence-corrected chi connectivity index (χ2v) is 6.80. The highest BCUT2D eigenvalue weighted by Crippen LogP contribution is 2.31. The fourth-order valence-electron chi connectivity index (χ4n) is 2.52. The lowest BCUT2D eigenvalue weighted by Crippen LogP contribution is -2.04. The Morgan fingerprint density at radius 1 is 1.27 bits per heavy atom. The summed E-state index contributed by atoms with van der Waals surface area (Å²) in [5.41, 5.74) is 2.88. The number of hydrogen-bond acceptors (Lipinski definition) is 6. The Morgan fingerprint density at radius 2 is 2.04 bits per heavy atom. The number of nitrogens with one attached hydrogen (secondary N) is 1. The Morgan fingerprint density at radius 3 is 2.65 bits per heavy atom. The second kappa shape index (κ2) is 7.55. The van der Waals surface area contributed by atoms with E-state index in [0.717, 1.165) is 10.4 Å². The van der Waals surface area contributed by atoms with Crippen LogP contribution < -0.4 is 5.32 Å². The van der Waals surface area contributed by atoms with Crippen LogP contribution in [0.2, 0.25) is 5.02 Å². The fraction of sp³-hybridized carbons (Fsp3) is 0.0556. The molecule has 1 aromatic heterocycles. The van der Waals surface area contributed by atoms with Crippen molar-refractivity contribution in [1.29, 1.82) is 0 Å². The molecule has 8 heteroatoms. The number of thiophene rings is 1. The summed E-state index contributed by atoms with van der Waals surface area (Å²) in [6.07, 6.45) is 0. The zero-order valence-corrected chi connectivity index (χ0v) is 15.2. The van der Waals surface area contributed by atoms with Gasteiger partial charge in [0, 0.05) is 17.3 Å². The zero-order valence-electron chi connectivity index (χ0n) is 13.6. The van der Waals surface area contributed by atoms with Crippen LogP contribution in [0.15, 0.2) is 59.1 Å². The molecule has 0 aliphatic heterocycles. The number of benzene rings is 2. The van der Waals surface area contributed by atoms with Crippen molar-refractivity contribution in [2.45, 2.75) is 6.92 Å². The van der Waals surface area contributed by atoms with Crippen LogP contribution in [0.25, 0.3) is 0 Å². The predicted molar refractivity (Wildman–Crippen MR) is 104 cm³/mol. The van der Waals surface area contributed by atoms with Crippen LogP contribution in [0.4, 0.5) is 17.1 Å². The van der Waals surface area contributed by atoms with Gasteiger partial charge in [0.1, 0.15) is 11.4 Å². The molecular weight excluding hydrogens is 374 g/mol. The van der Waals surface area contributed by atoms with Crippen molar-refractivity contribution in [2.75, 3.05) is 5.32 Å². The number of rotatable bonds is 5. The Hall–Kier alpha value is -2.90. The second-order valence-electron chi connectivity index (χ2n) is 5.48. The van der Waals surface area contributed by atoms with Crippen LogP contribution in [0.3, 0.4) is 0 Å². The first kappa shape index (κ1) is 17.9. The fourth-order valence-corrected chi connectivity index (χ4v) is 3.71. The summed E-state index contributed by atoms with van der Waals surface area (Å²) in [5.74, 6) is 0. The molecule has 0 aliphatic rings. The van der Waals surface area contributed by atoms with Crippen molar-refractivity contribution in [3.63, 3.8) is 0 Å². The van der Waals surface area contributed by atoms with E-state index in [9.17, 15) is 15.3 Å². The Bertz CT molecular complexity index is 1000. The van der Waals surface area contributed by atoms with E-state index in [4.69, 9.17) is 11.6 Å². The number of aryl methyl sites for hydroxylation is 1. The molecule has 0 fully saturated rings.